The van der Waals surface area contributed by atoms with Gasteiger partial charge in [0.15, 0.2) is 6.29 Å². The van der Waals surface area contributed by atoms with E-state index < -0.39 is 17.7 Å². The second-order valence-corrected chi connectivity index (χ2v) is 15.5. The van der Waals surface area contributed by atoms with Crippen LogP contribution in [0.15, 0.2) is 31.6 Å². The number of nitrogens with zero attached hydrogens (tertiary/aromatic N) is 1. The van der Waals surface area contributed by atoms with E-state index in [4.69, 9.17) is 40.8 Å². The van der Waals surface area contributed by atoms with Crippen LogP contribution in [0.25, 0.3) is 0 Å². The predicted molar refractivity (Wildman–Crippen MR) is 235 cm³/mol. The number of H-pyrrole nitrogens is 3. The summed E-state index contributed by atoms with van der Waals surface area (Å²) in [5.74, 6) is 2.40. The van der Waals surface area contributed by atoms with Gasteiger partial charge in [-0.2, -0.15) is 7.11 Å². The van der Waals surface area contributed by atoms with E-state index in [9.17, 15) is 19.2 Å². The number of hydrogen-bond acceptors (Lipinski definition) is 10. The Balaban J connectivity index is -0.000000321. The number of ether oxygens (including phenoxy) is 4. The number of nitrogens with one attached hydrogen (secondary N) is 3. The van der Waals surface area contributed by atoms with Crippen molar-refractivity contribution in [3.8, 4) is 0 Å². The van der Waals surface area contributed by atoms with E-state index in [0.717, 1.165) is 51.6 Å². The Hall–Kier alpha value is -1.30. The molecule has 0 radical (unpaired) electrons. The smallest absolute Gasteiger partial charge is 0.857 e. The number of aliphatic hydroxyl groups excluding tert-OH is 1. The van der Waals surface area contributed by atoms with Crippen LogP contribution in [0.3, 0.4) is 0 Å². The number of aromatic amines is 3. The van der Waals surface area contributed by atoms with Gasteiger partial charge < -0.3 is 34.1 Å². The van der Waals surface area contributed by atoms with Gasteiger partial charge >= 0.3 is 40.9 Å². The molecule has 12 atom stereocenters. The summed E-state index contributed by atoms with van der Waals surface area (Å²) >= 11 is 5.76. The minimum Gasteiger partial charge on any atom is -0.857 e. The summed E-state index contributed by atoms with van der Waals surface area (Å²) in [6.45, 7) is 22.7. The number of rotatable bonds is 5. The first kappa shape index (κ1) is 64.3. The van der Waals surface area contributed by atoms with Gasteiger partial charge in [-0.3, -0.25) is 24.1 Å². The summed E-state index contributed by atoms with van der Waals surface area (Å²) in [5, 5.41) is 17.2. The van der Waals surface area contributed by atoms with Crippen molar-refractivity contribution in [1.82, 2.24) is 19.5 Å². The van der Waals surface area contributed by atoms with Crippen molar-refractivity contribution in [2.24, 2.45) is 23.7 Å². The van der Waals surface area contributed by atoms with Crippen molar-refractivity contribution in [1.29, 1.82) is 0 Å². The molecule has 6 rings (SSSR count). The molecule has 4 aliphatic rings. The van der Waals surface area contributed by atoms with Gasteiger partial charge in [0, 0.05) is 29.9 Å². The van der Waals surface area contributed by atoms with Gasteiger partial charge in [-0.15, -0.1) is 12.4 Å². The van der Waals surface area contributed by atoms with E-state index in [-0.39, 0.29) is 85.8 Å². The van der Waals surface area contributed by atoms with Crippen molar-refractivity contribution in [2.45, 2.75) is 191 Å². The fourth-order valence-electron chi connectivity index (χ4n) is 7.16. The maximum atomic E-state index is 11.7. The van der Waals surface area contributed by atoms with Crippen molar-refractivity contribution in [3.05, 3.63) is 65.2 Å². The maximum absolute atomic E-state index is 11.7. The first-order valence-electron chi connectivity index (χ1n) is 19.9. The number of alkyl halides is 1. The van der Waals surface area contributed by atoms with E-state index in [1.165, 1.54) is 23.6 Å². The zero-order valence-electron chi connectivity index (χ0n) is 36.6. The molecule has 0 bridgehead atoms. The summed E-state index contributed by atoms with van der Waals surface area (Å²) in [5.41, 5.74) is -0.511. The van der Waals surface area contributed by atoms with Gasteiger partial charge in [-0.25, -0.2) is 9.59 Å². The van der Waals surface area contributed by atoms with E-state index in [1.54, 1.807) is 20.0 Å². The molecular weight excluding hydrogens is 814 g/mol. The molecule has 0 amide bonds. The van der Waals surface area contributed by atoms with E-state index in [0.29, 0.717) is 53.3 Å². The largest absolute Gasteiger partial charge is 1.00 e. The Labute approximate surface area is 387 Å². The van der Waals surface area contributed by atoms with Crippen LogP contribution in [0.4, 0.5) is 0 Å². The molecular formula is C42H79Cl2N4NaO10. The van der Waals surface area contributed by atoms with Crippen LogP contribution in [-0.2, 0) is 18.9 Å². The zero-order valence-corrected chi connectivity index (χ0v) is 40.2. The molecule has 6 heterocycles. The minimum atomic E-state index is -0.495. The predicted octanol–water partition coefficient (Wildman–Crippen LogP) is 3.96. The minimum absolute atomic E-state index is 0. The molecule has 342 valence electrons. The van der Waals surface area contributed by atoms with E-state index in [1.807, 2.05) is 0 Å². The quantitative estimate of drug-likeness (QED) is 0.252. The molecule has 2 aromatic heterocycles. The van der Waals surface area contributed by atoms with Crippen LogP contribution in [0.1, 0.15) is 146 Å². The maximum Gasteiger partial charge on any atom is 1.00 e. The normalized spacial score (nSPS) is 29.7. The molecule has 4 saturated heterocycles. The number of aromatic nitrogens is 4. The molecule has 17 heteroatoms. The molecule has 0 aliphatic carbocycles. The Morgan fingerprint density at radius 3 is 1.47 bits per heavy atom. The molecule has 59 heavy (non-hydrogen) atoms. The van der Waals surface area contributed by atoms with Crippen molar-refractivity contribution >= 4 is 24.0 Å². The number of hydrogen-bond donors (Lipinski definition) is 4. The van der Waals surface area contributed by atoms with E-state index in [2.05, 4.69) is 77.3 Å². The Morgan fingerprint density at radius 2 is 1.14 bits per heavy atom. The standard InChI is InChI=1S/C12H18N2O3.C8H16O.C7H13ClO.C7H14O2.C5H6N2O2.CH3O.2CH4.ClH.Na/c1-4-9-7(2)5-10(17-9)14-6-8(3)11(15)13-12(14)16;1-4-8-6(2)5-7(3)9-8;2*1-3-6-5(2)4-7(8)9-6;1-3-2-6-5(9)7-4(3)8;1-2;;;;/h6-7,9-10H,4-5H2,1-3H3,(H,13,15,16);6-8H,4-5H2,1-3H3;5-7H,3-4H2,1-2H3;5-8H,3-4H2,1-2H3;2H,1H3,(H2,6,7,8,9);1H3;2*1H4;1H;/q;;;;;-1;;;;+1/t7-,9+,10?;6-,7?,8+;5-,6+,7-;5-,6+,7?;;;;;;/m1111....../s1. The van der Waals surface area contributed by atoms with Gasteiger partial charge in [0.05, 0.1) is 30.5 Å². The summed E-state index contributed by atoms with van der Waals surface area (Å²) in [6.07, 6.45) is 12.2. The second-order valence-electron chi connectivity index (χ2n) is 15.0. The number of halogens is 2. The fourth-order valence-corrected chi connectivity index (χ4v) is 7.57. The van der Waals surface area contributed by atoms with Gasteiger partial charge in [-0.1, -0.05) is 81.8 Å². The van der Waals surface area contributed by atoms with Crippen LogP contribution in [0.2, 0.25) is 0 Å². The third-order valence-corrected chi connectivity index (χ3v) is 10.7. The Bertz CT molecular complexity index is 1550. The summed E-state index contributed by atoms with van der Waals surface area (Å²) < 4.78 is 23.5. The summed E-state index contributed by atoms with van der Waals surface area (Å²) in [4.78, 5) is 50.6. The third-order valence-electron chi connectivity index (χ3n) is 10.4. The van der Waals surface area contributed by atoms with Gasteiger partial charge in [0.1, 0.15) is 11.8 Å². The molecule has 4 aliphatic heterocycles. The summed E-state index contributed by atoms with van der Waals surface area (Å²) in [6, 6.07) is 0. The molecule has 4 fully saturated rings. The fraction of sp³-hybridized carbons (Fsp3) is 0.810. The average Bonchev–Trinajstić information content (AvgIpc) is 3.89. The van der Waals surface area contributed by atoms with Crippen molar-refractivity contribution in [3.63, 3.8) is 0 Å². The molecule has 0 aromatic carbocycles. The summed E-state index contributed by atoms with van der Waals surface area (Å²) in [7, 11) is 0.750. The van der Waals surface area contributed by atoms with Gasteiger partial charge in [0.2, 0.25) is 0 Å². The average molecular weight is 894 g/mol. The molecule has 2 aromatic rings. The monoisotopic (exact) mass is 893 g/mol. The van der Waals surface area contributed by atoms with E-state index >= 15 is 0 Å². The van der Waals surface area contributed by atoms with Crippen LogP contribution in [0, 0.1) is 37.5 Å². The van der Waals surface area contributed by atoms with Gasteiger partial charge in [0.25, 0.3) is 11.1 Å². The molecule has 3 unspecified atom stereocenters. The van der Waals surface area contributed by atoms with Crippen molar-refractivity contribution < 1.29 is 58.7 Å². The third kappa shape index (κ3) is 22.1. The molecule has 4 N–H and O–H groups in total. The number of aryl methyl sites for hydroxylation is 2. The Morgan fingerprint density at radius 1 is 0.695 bits per heavy atom. The first-order valence-corrected chi connectivity index (χ1v) is 20.3. The topological polar surface area (TPSA) is 201 Å². The number of aliphatic hydroxyl groups is 1. The molecule has 14 nitrogen and oxygen atoms in total. The molecule has 0 spiro atoms. The van der Waals surface area contributed by atoms with Crippen molar-refractivity contribution in [2.75, 3.05) is 7.11 Å². The van der Waals surface area contributed by atoms with Gasteiger partial charge in [-0.05, 0) is 89.4 Å². The Kier molecular flexibility index (Phi) is 36.3. The second kappa shape index (κ2) is 33.3. The molecule has 0 saturated carbocycles. The first-order chi connectivity index (χ1) is 25.9. The van der Waals surface area contributed by atoms with Crippen LogP contribution in [0.5, 0.6) is 0 Å². The SMILES string of the molecule is C.C.CC[C@@H]1OC(C)C[C@H]1C.CC[C@@H]1OC(O)C[C@H]1C.CC[C@@H]1OC(n2cc(C)c(=O)[nH]c2=O)C[C@H]1C.CC[C@@H]1O[C@@H](Cl)C[C@H]1C.C[O-].Cc1c[nH]c(=O)[nH]c1=O.Cl.[Na+]. The van der Waals surface area contributed by atoms with Crippen LogP contribution >= 0.6 is 24.0 Å². The zero-order chi connectivity index (χ0) is 42.0. The van der Waals surface area contributed by atoms with Crippen LogP contribution in [-0.4, -0.2) is 74.1 Å². The van der Waals surface area contributed by atoms with Crippen LogP contribution < -0.4 is 57.2 Å².